The Morgan fingerprint density at radius 2 is 1.17 bits per heavy atom. The van der Waals surface area contributed by atoms with E-state index >= 15 is 0 Å². The van der Waals surface area contributed by atoms with Crippen LogP contribution in [0.4, 0.5) is 0 Å². The first-order valence-corrected chi connectivity index (χ1v) is 5.99. The lowest BCUT2D eigenvalue weighted by Crippen LogP contribution is -2.16. The van der Waals surface area contributed by atoms with Crippen molar-refractivity contribution in [2.45, 2.75) is 25.7 Å². The zero-order valence-electron chi connectivity index (χ0n) is 11.1. The van der Waals surface area contributed by atoms with Crippen LogP contribution in [-0.4, -0.2) is 52.6 Å². The van der Waals surface area contributed by atoms with Crippen molar-refractivity contribution in [3.63, 3.8) is 0 Å². The number of carbonyl (C=O) groups excluding carboxylic acids is 2. The van der Waals surface area contributed by atoms with Crippen molar-refractivity contribution in [1.29, 1.82) is 0 Å². The molecule has 1 rings (SSSR count). The van der Waals surface area contributed by atoms with Gasteiger partial charge in [0, 0.05) is 12.8 Å². The van der Waals surface area contributed by atoms with Gasteiger partial charge in [-0.3, -0.25) is 9.59 Å². The first-order chi connectivity index (χ1) is 8.70. The quantitative estimate of drug-likeness (QED) is 0.542. The van der Waals surface area contributed by atoms with Gasteiger partial charge < -0.3 is 18.9 Å². The SMILES string of the molecule is C1COCCO1.COC(=O)CCCCC(=O)OC. The Balaban J connectivity index is 0.000000397. The molecule has 6 nitrogen and oxygen atoms in total. The average molecular weight is 262 g/mol. The second-order valence-corrected chi connectivity index (χ2v) is 3.58. The van der Waals surface area contributed by atoms with Crippen molar-refractivity contribution in [3.05, 3.63) is 0 Å². The lowest BCUT2D eigenvalue weighted by molar-refractivity contribution is -0.142. The second kappa shape index (κ2) is 12.3. The van der Waals surface area contributed by atoms with Gasteiger partial charge in [0.2, 0.25) is 0 Å². The van der Waals surface area contributed by atoms with Crippen LogP contribution >= 0.6 is 0 Å². The molecule has 1 saturated heterocycles. The molecule has 0 radical (unpaired) electrons. The van der Waals surface area contributed by atoms with Gasteiger partial charge in [-0.25, -0.2) is 0 Å². The molecule has 0 aromatic carbocycles. The molecule has 1 aliphatic rings. The highest BCUT2D eigenvalue weighted by atomic mass is 16.6. The standard InChI is InChI=1S/C8H14O4.C4H8O2/c1-11-7(9)5-3-4-6-8(10)12-2;1-2-6-4-3-5-1/h3-6H2,1-2H3;1-4H2. The fraction of sp³-hybridized carbons (Fsp3) is 0.833. The summed E-state index contributed by atoms with van der Waals surface area (Å²) < 4.78 is 18.7. The molecule has 0 N–H and O–H groups in total. The Kier molecular flexibility index (Phi) is 11.5. The summed E-state index contributed by atoms with van der Waals surface area (Å²) in [6.07, 6.45) is 2.07. The van der Waals surface area contributed by atoms with E-state index in [-0.39, 0.29) is 11.9 Å². The fourth-order valence-corrected chi connectivity index (χ4v) is 1.18. The van der Waals surface area contributed by atoms with Gasteiger partial charge >= 0.3 is 11.9 Å². The van der Waals surface area contributed by atoms with Gasteiger partial charge in [-0.2, -0.15) is 0 Å². The van der Waals surface area contributed by atoms with E-state index in [2.05, 4.69) is 9.47 Å². The third-order valence-electron chi connectivity index (χ3n) is 2.21. The monoisotopic (exact) mass is 262 g/mol. The maximum atomic E-state index is 10.6. The molecule has 6 heteroatoms. The van der Waals surface area contributed by atoms with E-state index in [4.69, 9.17) is 9.47 Å². The van der Waals surface area contributed by atoms with Gasteiger partial charge in [0.1, 0.15) is 0 Å². The number of methoxy groups -OCH3 is 2. The van der Waals surface area contributed by atoms with Crippen molar-refractivity contribution in [1.82, 2.24) is 0 Å². The van der Waals surface area contributed by atoms with Crippen LogP contribution in [0.1, 0.15) is 25.7 Å². The van der Waals surface area contributed by atoms with Gasteiger partial charge in [0.15, 0.2) is 0 Å². The lowest BCUT2D eigenvalue weighted by Gasteiger charge is -2.09. The fourth-order valence-electron chi connectivity index (χ4n) is 1.18. The van der Waals surface area contributed by atoms with E-state index in [1.165, 1.54) is 14.2 Å². The minimum Gasteiger partial charge on any atom is -0.469 e. The topological polar surface area (TPSA) is 71.1 Å². The molecule has 0 unspecified atom stereocenters. The number of esters is 2. The van der Waals surface area contributed by atoms with E-state index in [1.807, 2.05) is 0 Å². The maximum Gasteiger partial charge on any atom is 0.305 e. The molecular formula is C12H22O6. The Bertz CT molecular complexity index is 195. The summed E-state index contributed by atoms with van der Waals surface area (Å²) in [5, 5.41) is 0. The van der Waals surface area contributed by atoms with Crippen molar-refractivity contribution in [2.24, 2.45) is 0 Å². The third-order valence-corrected chi connectivity index (χ3v) is 2.21. The molecule has 0 amide bonds. The molecule has 0 aromatic rings. The Hall–Kier alpha value is -1.14. The molecule has 18 heavy (non-hydrogen) atoms. The van der Waals surface area contributed by atoms with E-state index in [0.717, 1.165) is 26.4 Å². The van der Waals surface area contributed by atoms with Crippen LogP contribution in [0.5, 0.6) is 0 Å². The molecule has 0 saturated carbocycles. The molecule has 0 bridgehead atoms. The van der Waals surface area contributed by atoms with Gasteiger partial charge in [-0.15, -0.1) is 0 Å². The highest BCUT2D eigenvalue weighted by molar-refractivity contribution is 5.70. The Morgan fingerprint density at radius 3 is 1.39 bits per heavy atom. The Morgan fingerprint density at radius 1 is 0.833 bits per heavy atom. The van der Waals surface area contributed by atoms with Gasteiger partial charge in [-0.05, 0) is 12.8 Å². The first kappa shape index (κ1) is 16.9. The predicted octanol–water partition coefficient (Wildman–Crippen LogP) is 0.926. The normalized spacial score (nSPS) is 14.1. The van der Waals surface area contributed by atoms with E-state index < -0.39 is 0 Å². The van der Waals surface area contributed by atoms with Crippen molar-refractivity contribution < 1.29 is 28.5 Å². The molecule has 1 heterocycles. The third kappa shape index (κ3) is 11.3. The van der Waals surface area contributed by atoms with Crippen LogP contribution in [0.3, 0.4) is 0 Å². The largest absolute Gasteiger partial charge is 0.469 e. The molecular weight excluding hydrogens is 240 g/mol. The summed E-state index contributed by atoms with van der Waals surface area (Å²) in [6, 6.07) is 0. The molecule has 0 aromatic heterocycles. The van der Waals surface area contributed by atoms with E-state index in [9.17, 15) is 9.59 Å². The highest BCUT2D eigenvalue weighted by Gasteiger charge is 2.02. The number of hydrogen-bond acceptors (Lipinski definition) is 6. The minimum absolute atomic E-state index is 0.236. The predicted molar refractivity (Wildman–Crippen MR) is 64.1 cm³/mol. The zero-order chi connectivity index (χ0) is 13.6. The van der Waals surface area contributed by atoms with Crippen LogP contribution in [0.25, 0.3) is 0 Å². The average Bonchev–Trinajstić information content (AvgIpc) is 2.45. The van der Waals surface area contributed by atoms with Gasteiger partial charge in [0.05, 0.1) is 40.6 Å². The molecule has 0 atom stereocenters. The lowest BCUT2D eigenvalue weighted by atomic mass is 10.2. The van der Waals surface area contributed by atoms with Crippen LogP contribution < -0.4 is 0 Å². The van der Waals surface area contributed by atoms with Gasteiger partial charge in [-0.1, -0.05) is 0 Å². The highest BCUT2D eigenvalue weighted by Crippen LogP contribution is 2.01. The summed E-state index contributed by atoms with van der Waals surface area (Å²) >= 11 is 0. The zero-order valence-corrected chi connectivity index (χ0v) is 11.1. The Labute approximate surface area is 108 Å². The van der Waals surface area contributed by atoms with E-state index in [1.54, 1.807) is 0 Å². The number of ether oxygens (including phenoxy) is 4. The number of hydrogen-bond donors (Lipinski definition) is 0. The second-order valence-electron chi connectivity index (χ2n) is 3.58. The van der Waals surface area contributed by atoms with Crippen molar-refractivity contribution in [3.8, 4) is 0 Å². The van der Waals surface area contributed by atoms with E-state index in [0.29, 0.717) is 25.7 Å². The number of carbonyl (C=O) groups is 2. The van der Waals surface area contributed by atoms with Crippen molar-refractivity contribution >= 4 is 11.9 Å². The molecule has 0 spiro atoms. The van der Waals surface area contributed by atoms with Gasteiger partial charge in [0.25, 0.3) is 0 Å². The maximum absolute atomic E-state index is 10.6. The summed E-state index contributed by atoms with van der Waals surface area (Å²) in [5.74, 6) is -0.472. The summed E-state index contributed by atoms with van der Waals surface area (Å²) in [6.45, 7) is 3.11. The molecule has 0 aliphatic carbocycles. The van der Waals surface area contributed by atoms with Crippen LogP contribution in [0, 0.1) is 0 Å². The number of unbranched alkanes of at least 4 members (excludes halogenated alkanes) is 1. The number of rotatable bonds is 5. The van der Waals surface area contributed by atoms with Crippen LogP contribution in [0.2, 0.25) is 0 Å². The molecule has 1 fully saturated rings. The van der Waals surface area contributed by atoms with Crippen LogP contribution in [0.15, 0.2) is 0 Å². The molecule has 106 valence electrons. The van der Waals surface area contributed by atoms with Crippen LogP contribution in [-0.2, 0) is 28.5 Å². The summed E-state index contributed by atoms with van der Waals surface area (Å²) in [5.41, 5.74) is 0. The minimum atomic E-state index is -0.236. The summed E-state index contributed by atoms with van der Waals surface area (Å²) in [4.78, 5) is 21.2. The summed E-state index contributed by atoms with van der Waals surface area (Å²) in [7, 11) is 2.70. The van der Waals surface area contributed by atoms with Crippen molar-refractivity contribution in [2.75, 3.05) is 40.6 Å². The molecule has 1 aliphatic heterocycles. The smallest absolute Gasteiger partial charge is 0.305 e. The first-order valence-electron chi connectivity index (χ1n) is 5.99.